The van der Waals surface area contributed by atoms with Crippen molar-refractivity contribution in [1.29, 1.82) is 0 Å². The van der Waals surface area contributed by atoms with Gasteiger partial charge in [0.2, 0.25) is 0 Å². The molecule has 0 aliphatic carbocycles. The molecule has 0 bridgehead atoms. The second-order valence-electron chi connectivity index (χ2n) is 10.0. The molecule has 0 radical (unpaired) electrons. The van der Waals surface area contributed by atoms with Crippen molar-refractivity contribution in [2.45, 2.75) is 38.5 Å². The van der Waals surface area contributed by atoms with Crippen LogP contribution in [0.2, 0.25) is 0 Å². The van der Waals surface area contributed by atoms with Gasteiger partial charge in [-0.25, -0.2) is 0 Å². The van der Waals surface area contributed by atoms with Crippen molar-refractivity contribution >= 4 is 22.7 Å². The number of hydrogen-bond donors (Lipinski definition) is 2. The third-order valence-electron chi connectivity index (χ3n) is 7.41. The lowest BCUT2D eigenvalue weighted by atomic mass is 9.68. The van der Waals surface area contributed by atoms with Gasteiger partial charge in [0, 0.05) is 33.6 Å². The Bertz CT molecular complexity index is 1270. The number of hydrogen-bond acceptors (Lipinski definition) is 2. The average Bonchev–Trinajstić information content (AvgIpc) is 2.78. The van der Waals surface area contributed by atoms with E-state index in [1.165, 1.54) is 56.1 Å². The number of nitrogens with one attached hydrogen (secondary N) is 2. The first kappa shape index (κ1) is 19.2. The molecule has 0 spiro atoms. The molecule has 158 valence electrons. The molecule has 0 amide bonds. The summed E-state index contributed by atoms with van der Waals surface area (Å²) in [6, 6.07) is 30.8. The maximum atomic E-state index is 3.71. The Kier molecular flexibility index (Phi) is 3.89. The van der Waals surface area contributed by atoms with Gasteiger partial charge in [0.1, 0.15) is 0 Å². The van der Waals surface area contributed by atoms with Crippen LogP contribution < -0.4 is 10.6 Å². The monoisotopic (exact) mass is 416 g/mol. The van der Waals surface area contributed by atoms with Crippen molar-refractivity contribution in [3.63, 3.8) is 0 Å². The summed E-state index contributed by atoms with van der Waals surface area (Å²) >= 11 is 0. The van der Waals surface area contributed by atoms with Gasteiger partial charge < -0.3 is 10.6 Å². The predicted molar refractivity (Wildman–Crippen MR) is 136 cm³/mol. The van der Waals surface area contributed by atoms with Gasteiger partial charge in [-0.1, -0.05) is 88.4 Å². The van der Waals surface area contributed by atoms with Crippen molar-refractivity contribution in [2.75, 3.05) is 10.6 Å². The summed E-state index contributed by atoms with van der Waals surface area (Å²) in [5, 5.41) is 7.41. The van der Waals surface area contributed by atoms with Crippen molar-refractivity contribution < 1.29 is 0 Å². The molecule has 6 rings (SSSR count). The van der Waals surface area contributed by atoms with E-state index >= 15 is 0 Å². The standard InChI is InChI=1S/C30H28N2/c1-29(2)21-13-5-7-15-23(21)31-25-17-9-11-19(27(25)29)20-12-10-18-26-28(20)30(3,4)22-14-6-8-16-24(22)32-26/h5-18,31-32H,1-4H3. The molecule has 2 nitrogen and oxygen atoms in total. The summed E-state index contributed by atoms with van der Waals surface area (Å²) in [5.74, 6) is 0. The van der Waals surface area contributed by atoms with Crippen LogP contribution in [0.5, 0.6) is 0 Å². The van der Waals surface area contributed by atoms with E-state index in [1.807, 2.05) is 0 Å². The van der Waals surface area contributed by atoms with E-state index in [0.717, 1.165) is 0 Å². The molecule has 2 N–H and O–H groups in total. The minimum absolute atomic E-state index is 0.110. The van der Waals surface area contributed by atoms with E-state index < -0.39 is 0 Å². The SMILES string of the molecule is CC1(C)c2ccccc2Nc2cccc(-c3cccc4c3C(C)(C)c3ccccc3N4)c21. The Morgan fingerprint density at radius 1 is 0.438 bits per heavy atom. The van der Waals surface area contributed by atoms with Crippen LogP contribution in [0, 0.1) is 0 Å². The predicted octanol–water partition coefficient (Wildman–Crippen LogP) is 8.12. The van der Waals surface area contributed by atoms with Crippen molar-refractivity contribution in [2.24, 2.45) is 0 Å². The summed E-state index contributed by atoms with van der Waals surface area (Å²) in [6.07, 6.45) is 0. The molecule has 0 saturated heterocycles. The van der Waals surface area contributed by atoms with E-state index in [2.05, 4.69) is 123 Å². The Balaban J connectivity index is 1.62. The Labute approximate surface area is 190 Å². The summed E-state index contributed by atoms with van der Waals surface area (Å²) in [7, 11) is 0. The van der Waals surface area contributed by atoms with Gasteiger partial charge in [-0.3, -0.25) is 0 Å². The lowest BCUT2D eigenvalue weighted by Crippen LogP contribution is -2.29. The molecular formula is C30H28N2. The van der Waals surface area contributed by atoms with Gasteiger partial charge >= 0.3 is 0 Å². The fourth-order valence-corrected chi connectivity index (χ4v) is 5.94. The highest BCUT2D eigenvalue weighted by atomic mass is 14.9. The lowest BCUT2D eigenvalue weighted by molar-refractivity contribution is 0.632. The zero-order valence-corrected chi connectivity index (χ0v) is 19.1. The smallest absolute Gasteiger partial charge is 0.0432 e. The third kappa shape index (κ3) is 2.53. The maximum Gasteiger partial charge on any atom is 0.0432 e. The lowest BCUT2D eigenvalue weighted by Gasteiger charge is -2.40. The first-order chi connectivity index (χ1) is 15.4. The van der Waals surface area contributed by atoms with Crippen LogP contribution in [-0.2, 0) is 10.8 Å². The number of rotatable bonds is 1. The van der Waals surface area contributed by atoms with Gasteiger partial charge in [-0.2, -0.15) is 0 Å². The molecule has 32 heavy (non-hydrogen) atoms. The van der Waals surface area contributed by atoms with Gasteiger partial charge in [0.25, 0.3) is 0 Å². The van der Waals surface area contributed by atoms with Gasteiger partial charge in [0.05, 0.1) is 0 Å². The van der Waals surface area contributed by atoms with E-state index in [1.54, 1.807) is 0 Å². The van der Waals surface area contributed by atoms with Crippen molar-refractivity contribution in [1.82, 2.24) is 0 Å². The zero-order chi connectivity index (χ0) is 22.1. The highest BCUT2D eigenvalue weighted by Gasteiger charge is 2.38. The van der Waals surface area contributed by atoms with Gasteiger partial charge in [-0.15, -0.1) is 0 Å². The van der Waals surface area contributed by atoms with Gasteiger partial charge in [0.15, 0.2) is 0 Å². The van der Waals surface area contributed by atoms with Crippen LogP contribution in [0.3, 0.4) is 0 Å². The van der Waals surface area contributed by atoms with E-state index in [0.29, 0.717) is 0 Å². The minimum Gasteiger partial charge on any atom is -0.355 e. The summed E-state index contributed by atoms with van der Waals surface area (Å²) in [6.45, 7) is 9.40. The molecule has 0 atom stereocenters. The van der Waals surface area contributed by atoms with Crippen LogP contribution in [0.4, 0.5) is 22.7 Å². The van der Waals surface area contributed by atoms with Crippen LogP contribution in [-0.4, -0.2) is 0 Å². The minimum atomic E-state index is -0.110. The Hall–Kier alpha value is -3.52. The van der Waals surface area contributed by atoms with Crippen LogP contribution in [0.25, 0.3) is 11.1 Å². The molecule has 2 heteroatoms. The maximum absolute atomic E-state index is 3.71. The molecule has 2 aliphatic rings. The topological polar surface area (TPSA) is 24.1 Å². The first-order valence-corrected chi connectivity index (χ1v) is 11.4. The van der Waals surface area contributed by atoms with E-state index in [-0.39, 0.29) is 10.8 Å². The second kappa shape index (κ2) is 6.49. The van der Waals surface area contributed by atoms with E-state index in [4.69, 9.17) is 0 Å². The van der Waals surface area contributed by atoms with Crippen molar-refractivity contribution in [3.8, 4) is 11.1 Å². The zero-order valence-electron chi connectivity index (χ0n) is 19.1. The molecule has 4 aromatic rings. The normalized spacial score (nSPS) is 16.5. The first-order valence-electron chi connectivity index (χ1n) is 11.4. The average molecular weight is 417 g/mol. The number of para-hydroxylation sites is 2. The highest BCUT2D eigenvalue weighted by molar-refractivity contribution is 5.89. The number of anilines is 4. The highest BCUT2D eigenvalue weighted by Crippen LogP contribution is 2.53. The summed E-state index contributed by atoms with van der Waals surface area (Å²) in [5.41, 5.74) is 12.6. The number of benzene rings is 4. The Morgan fingerprint density at radius 2 is 0.812 bits per heavy atom. The molecular weight excluding hydrogens is 388 g/mol. The molecule has 0 fully saturated rings. The number of fused-ring (bicyclic) bond motifs is 4. The van der Waals surface area contributed by atoms with Crippen LogP contribution >= 0.6 is 0 Å². The third-order valence-corrected chi connectivity index (χ3v) is 7.41. The molecule has 0 unspecified atom stereocenters. The molecule has 0 saturated carbocycles. The fraction of sp³-hybridized carbons (Fsp3) is 0.200. The summed E-state index contributed by atoms with van der Waals surface area (Å²) < 4.78 is 0. The molecule has 0 aromatic heterocycles. The van der Waals surface area contributed by atoms with E-state index in [9.17, 15) is 0 Å². The molecule has 2 heterocycles. The summed E-state index contributed by atoms with van der Waals surface area (Å²) in [4.78, 5) is 0. The van der Waals surface area contributed by atoms with Crippen molar-refractivity contribution in [3.05, 3.63) is 107 Å². The largest absolute Gasteiger partial charge is 0.355 e. The Morgan fingerprint density at radius 3 is 1.25 bits per heavy atom. The quantitative estimate of drug-likeness (QED) is 0.327. The van der Waals surface area contributed by atoms with Gasteiger partial charge in [-0.05, 0) is 57.6 Å². The fourth-order valence-electron chi connectivity index (χ4n) is 5.94. The van der Waals surface area contributed by atoms with Crippen LogP contribution in [0.15, 0.2) is 84.9 Å². The second-order valence-corrected chi connectivity index (χ2v) is 10.0. The molecule has 4 aromatic carbocycles. The van der Waals surface area contributed by atoms with Crippen LogP contribution in [0.1, 0.15) is 49.9 Å². The molecule has 2 aliphatic heterocycles.